The van der Waals surface area contributed by atoms with Crippen molar-refractivity contribution < 1.29 is 0 Å². The van der Waals surface area contributed by atoms with Crippen LogP contribution in [0.2, 0.25) is 0 Å². The Kier molecular flexibility index (Phi) is 69.1. The molecule has 4 radical (unpaired) electrons. The number of hydrogen-bond donors (Lipinski definition) is 0. The van der Waals surface area contributed by atoms with Gasteiger partial charge in [0.05, 0.1) is 0 Å². The summed E-state index contributed by atoms with van der Waals surface area (Å²) in [4.78, 5) is 0. The zero-order chi connectivity index (χ0) is 15.9. The van der Waals surface area contributed by atoms with E-state index in [1.165, 1.54) is 44.1 Å². The Morgan fingerprint density at radius 2 is 0.900 bits per heavy atom. The maximum absolute atomic E-state index is 4.01. The first-order valence-electron chi connectivity index (χ1n) is 8.31. The third kappa shape index (κ3) is 102. The van der Waals surface area contributed by atoms with Crippen LogP contribution < -0.4 is 0 Å². The minimum Gasteiger partial charge on any atom is -0.691 e. The molecule has 0 aliphatic rings. The van der Waals surface area contributed by atoms with E-state index in [9.17, 15) is 0 Å². The normalized spacial score (nSPS) is 7.25. The van der Waals surface area contributed by atoms with E-state index in [4.69, 9.17) is 0 Å². The van der Waals surface area contributed by atoms with Crippen LogP contribution in [0.3, 0.4) is 0 Å². The zero-order valence-electron chi connectivity index (χ0n) is 16.0. The molecule has 0 saturated heterocycles. The molecule has 2 heteroatoms. The summed E-state index contributed by atoms with van der Waals surface area (Å²) in [5, 5.41) is 4.01. The second kappa shape index (κ2) is 42.7. The van der Waals surface area contributed by atoms with E-state index < -0.39 is 0 Å². The second-order valence-electron chi connectivity index (χ2n) is 4.71. The molecule has 0 N–H and O–H groups in total. The topological polar surface area (TPSA) is 14.1 Å². The molecule has 0 heterocycles. The SMILES string of the molecule is CCCC.CCCC.CCCC.CC[N-]C=C(C)C.[Sn]. The summed E-state index contributed by atoms with van der Waals surface area (Å²) >= 11 is 0. The quantitative estimate of drug-likeness (QED) is 0.435. The van der Waals surface area contributed by atoms with Crippen LogP contribution >= 0.6 is 0 Å². The maximum Gasteiger partial charge on any atom is 0 e. The van der Waals surface area contributed by atoms with Crippen LogP contribution in [-0.2, 0) is 0 Å². The molecule has 0 aromatic rings. The average molecular weight is 391 g/mol. The molecule has 124 valence electrons. The van der Waals surface area contributed by atoms with Gasteiger partial charge in [-0.2, -0.15) is 6.20 Å². The van der Waals surface area contributed by atoms with Crippen LogP contribution in [0.15, 0.2) is 11.8 Å². The van der Waals surface area contributed by atoms with Crippen LogP contribution in [0.4, 0.5) is 0 Å². The molecule has 1 nitrogen and oxygen atoms in total. The fraction of sp³-hybridized carbons (Fsp3) is 0.889. The summed E-state index contributed by atoms with van der Waals surface area (Å²) in [5.41, 5.74) is 1.27. The minimum atomic E-state index is 0. The second-order valence-corrected chi connectivity index (χ2v) is 4.71. The van der Waals surface area contributed by atoms with Gasteiger partial charge >= 0.3 is 0 Å². The van der Waals surface area contributed by atoms with E-state index in [0.717, 1.165) is 6.54 Å². The van der Waals surface area contributed by atoms with Crippen molar-refractivity contribution in [3.63, 3.8) is 0 Å². The fourth-order valence-corrected chi connectivity index (χ4v) is 0.274. The van der Waals surface area contributed by atoms with Crippen molar-refractivity contribution in [2.24, 2.45) is 0 Å². The molecule has 0 saturated carbocycles. The molecule has 0 spiro atoms. The summed E-state index contributed by atoms with van der Waals surface area (Å²) < 4.78 is 0. The van der Waals surface area contributed by atoms with Gasteiger partial charge in [-0.15, -0.1) is 6.54 Å². The summed E-state index contributed by atoms with van der Waals surface area (Å²) in [6.45, 7) is 20.1. The van der Waals surface area contributed by atoms with E-state index in [2.05, 4.69) is 46.9 Å². The van der Waals surface area contributed by atoms with Crippen LogP contribution in [0, 0.1) is 0 Å². The third-order valence-electron chi connectivity index (χ3n) is 2.03. The minimum absolute atomic E-state index is 0. The number of allylic oxidation sites excluding steroid dienone is 1. The van der Waals surface area contributed by atoms with Crippen LogP contribution in [0.5, 0.6) is 0 Å². The van der Waals surface area contributed by atoms with Gasteiger partial charge < -0.3 is 5.32 Å². The number of unbranched alkanes of at least 4 members (excludes halogenated alkanes) is 3. The molecule has 0 rings (SSSR count). The van der Waals surface area contributed by atoms with E-state index in [1.54, 1.807) is 0 Å². The van der Waals surface area contributed by atoms with Gasteiger partial charge in [0.25, 0.3) is 0 Å². The van der Waals surface area contributed by atoms with Gasteiger partial charge in [0.1, 0.15) is 0 Å². The van der Waals surface area contributed by atoms with Crippen molar-refractivity contribution in [1.82, 2.24) is 0 Å². The van der Waals surface area contributed by atoms with Gasteiger partial charge in [0.2, 0.25) is 0 Å². The molecule has 0 aliphatic heterocycles. The molecular weight excluding hydrogens is 349 g/mol. The summed E-state index contributed by atoms with van der Waals surface area (Å²) in [5.74, 6) is 0. The Morgan fingerprint density at radius 3 is 0.950 bits per heavy atom. The van der Waals surface area contributed by atoms with Crippen molar-refractivity contribution in [1.29, 1.82) is 0 Å². The molecule has 20 heavy (non-hydrogen) atoms. The molecule has 0 unspecified atom stereocenters. The van der Waals surface area contributed by atoms with Gasteiger partial charge in [-0.25, -0.2) is 0 Å². The molecule has 0 aliphatic carbocycles. The molecule has 0 bridgehead atoms. The van der Waals surface area contributed by atoms with E-state index in [1.807, 2.05) is 27.0 Å². The van der Waals surface area contributed by atoms with Crippen molar-refractivity contribution in [2.45, 2.75) is 101 Å². The number of rotatable bonds is 5. The maximum atomic E-state index is 4.01. The Bertz CT molecular complexity index is 114. The molecule has 0 amide bonds. The fourth-order valence-electron chi connectivity index (χ4n) is 0.274. The van der Waals surface area contributed by atoms with Gasteiger partial charge in [-0.05, 0) is 13.8 Å². The zero-order valence-corrected chi connectivity index (χ0v) is 18.8. The smallest absolute Gasteiger partial charge is 0 e. The molecule has 0 aromatic heterocycles. The van der Waals surface area contributed by atoms with Gasteiger partial charge in [0, 0.05) is 23.9 Å². The van der Waals surface area contributed by atoms with Crippen LogP contribution in [0.1, 0.15) is 101 Å². The summed E-state index contributed by atoms with van der Waals surface area (Å²) in [6.07, 6.45) is 9.81. The van der Waals surface area contributed by atoms with E-state index in [0.29, 0.717) is 0 Å². The van der Waals surface area contributed by atoms with Crippen molar-refractivity contribution in [2.75, 3.05) is 6.54 Å². The predicted molar refractivity (Wildman–Crippen MR) is 101 cm³/mol. The first-order chi connectivity index (χ1) is 9.01. The van der Waals surface area contributed by atoms with Crippen molar-refractivity contribution in [3.8, 4) is 0 Å². The Morgan fingerprint density at radius 1 is 0.650 bits per heavy atom. The Hall–Kier alpha value is 0.339. The monoisotopic (exact) mass is 392 g/mol. The molecule has 0 atom stereocenters. The van der Waals surface area contributed by atoms with Gasteiger partial charge in [-0.1, -0.05) is 92.6 Å². The number of nitrogens with zero attached hydrogens (tertiary/aromatic N) is 1. The first kappa shape index (κ1) is 32.3. The predicted octanol–water partition coefficient (Wildman–Crippen LogP) is 7.34. The van der Waals surface area contributed by atoms with Crippen molar-refractivity contribution >= 4 is 23.9 Å². The largest absolute Gasteiger partial charge is 0.691 e. The van der Waals surface area contributed by atoms with Crippen LogP contribution in [-0.4, -0.2) is 30.5 Å². The Labute approximate surface area is 148 Å². The summed E-state index contributed by atoms with van der Waals surface area (Å²) in [7, 11) is 0. The third-order valence-corrected chi connectivity index (χ3v) is 2.03. The van der Waals surface area contributed by atoms with Gasteiger partial charge in [0.15, 0.2) is 0 Å². The van der Waals surface area contributed by atoms with Crippen LogP contribution in [0.25, 0.3) is 5.32 Å². The first-order valence-corrected chi connectivity index (χ1v) is 8.31. The van der Waals surface area contributed by atoms with Crippen molar-refractivity contribution in [3.05, 3.63) is 17.1 Å². The average Bonchev–Trinajstić information content (AvgIpc) is 2.45. The van der Waals surface area contributed by atoms with E-state index >= 15 is 0 Å². The molecular formula is C18H42NSn-. The molecule has 0 aromatic carbocycles. The van der Waals surface area contributed by atoms with Gasteiger partial charge in [-0.3, -0.25) is 0 Å². The number of hydrogen-bond acceptors (Lipinski definition) is 0. The molecule has 0 fully saturated rings. The summed E-state index contributed by atoms with van der Waals surface area (Å²) in [6, 6.07) is 0. The Balaban J connectivity index is -0.0000000512. The van der Waals surface area contributed by atoms with E-state index in [-0.39, 0.29) is 23.9 Å². The standard InChI is InChI=1S/C6H12N.3C4H10.Sn/c1-4-7-5-6(2)3;3*1-3-4-2;/h5H,4H2,1-3H3;3*3-4H2,1-2H3;/q-1;;;;.